The Morgan fingerprint density at radius 2 is 1.39 bits per heavy atom. The molecule has 36 heavy (non-hydrogen) atoms. The molecule has 6 heteroatoms. The molecule has 1 heterocycles. The molecule has 0 fully saturated rings. The second kappa shape index (κ2) is 9.64. The van der Waals surface area contributed by atoms with E-state index < -0.39 is 11.8 Å². The number of carbonyl (C=O) groups is 3. The van der Waals surface area contributed by atoms with E-state index in [9.17, 15) is 14.4 Å². The minimum absolute atomic E-state index is 0.281. The lowest BCUT2D eigenvalue weighted by Gasteiger charge is -2.17. The molecule has 0 aliphatic carbocycles. The number of halogens is 1. The molecule has 0 atom stereocenters. The first-order valence-electron chi connectivity index (χ1n) is 11.3. The maximum absolute atomic E-state index is 13.0. The molecule has 3 amide bonds. The van der Waals surface area contributed by atoms with Gasteiger partial charge < -0.3 is 5.32 Å². The fourth-order valence-corrected chi connectivity index (χ4v) is 4.47. The van der Waals surface area contributed by atoms with Gasteiger partial charge in [0, 0.05) is 16.8 Å². The zero-order chi connectivity index (χ0) is 25.2. The Labute approximate surface area is 213 Å². The van der Waals surface area contributed by atoms with Crippen molar-refractivity contribution in [1.29, 1.82) is 0 Å². The van der Waals surface area contributed by atoms with Crippen LogP contribution in [0.5, 0.6) is 0 Å². The molecule has 1 N–H and O–H groups in total. The number of anilines is 2. The predicted octanol–water partition coefficient (Wildman–Crippen LogP) is 6.52. The van der Waals surface area contributed by atoms with E-state index in [-0.39, 0.29) is 11.5 Å². The number of aryl methyl sites for hydroxylation is 1. The third-order valence-electron chi connectivity index (χ3n) is 6.00. The third kappa shape index (κ3) is 4.44. The van der Waals surface area contributed by atoms with Crippen molar-refractivity contribution in [3.63, 3.8) is 0 Å². The largest absolute Gasteiger partial charge is 0.322 e. The molecule has 0 bridgehead atoms. The van der Waals surface area contributed by atoms with Gasteiger partial charge in [-0.2, -0.15) is 0 Å². The molecule has 5 nitrogen and oxygen atoms in total. The molecule has 0 radical (unpaired) electrons. The fraction of sp³-hybridized carbons (Fsp3) is 0.0333. The normalized spacial score (nSPS) is 12.3. The van der Waals surface area contributed by atoms with Crippen molar-refractivity contribution in [2.24, 2.45) is 0 Å². The Morgan fingerprint density at radius 1 is 0.778 bits per heavy atom. The van der Waals surface area contributed by atoms with Crippen molar-refractivity contribution >= 4 is 46.3 Å². The Bertz CT molecular complexity index is 1490. The molecule has 4 aromatic carbocycles. The van der Waals surface area contributed by atoms with E-state index in [1.165, 1.54) is 6.07 Å². The predicted molar refractivity (Wildman–Crippen MR) is 142 cm³/mol. The minimum atomic E-state index is -0.421. The highest BCUT2D eigenvalue weighted by molar-refractivity contribution is 6.37. The number of hydrogen-bond acceptors (Lipinski definition) is 3. The third-order valence-corrected chi connectivity index (χ3v) is 6.23. The van der Waals surface area contributed by atoms with Crippen LogP contribution in [0.1, 0.15) is 37.4 Å². The summed E-state index contributed by atoms with van der Waals surface area (Å²) in [6, 6.07) is 29.1. The maximum atomic E-state index is 13.0. The van der Waals surface area contributed by atoms with Crippen LogP contribution in [0.3, 0.4) is 0 Å². The quantitative estimate of drug-likeness (QED) is 0.255. The van der Waals surface area contributed by atoms with E-state index in [0.717, 1.165) is 21.6 Å². The number of imide groups is 1. The first-order valence-corrected chi connectivity index (χ1v) is 11.7. The van der Waals surface area contributed by atoms with E-state index in [2.05, 4.69) is 5.32 Å². The molecule has 5 rings (SSSR count). The lowest BCUT2D eigenvalue weighted by Crippen LogP contribution is -2.30. The highest BCUT2D eigenvalue weighted by Gasteiger charge is 2.37. The van der Waals surface area contributed by atoms with Crippen LogP contribution in [-0.4, -0.2) is 17.7 Å². The summed E-state index contributed by atoms with van der Waals surface area (Å²) in [5.41, 5.74) is 4.94. The first kappa shape index (κ1) is 23.3. The highest BCUT2D eigenvalue weighted by Crippen LogP contribution is 2.33. The summed E-state index contributed by atoms with van der Waals surface area (Å²) >= 11 is 6.02. The molecular weight excluding hydrogens is 472 g/mol. The van der Waals surface area contributed by atoms with Crippen LogP contribution in [0.2, 0.25) is 5.02 Å². The second-order valence-corrected chi connectivity index (χ2v) is 8.85. The molecule has 0 unspecified atom stereocenters. The van der Waals surface area contributed by atoms with Crippen LogP contribution in [0.25, 0.3) is 5.57 Å². The lowest BCUT2D eigenvalue weighted by molar-refractivity contribution is -0.111. The number of rotatable bonds is 5. The Morgan fingerprint density at radius 3 is 2.00 bits per heavy atom. The molecule has 1 aliphatic rings. The van der Waals surface area contributed by atoms with Crippen molar-refractivity contribution < 1.29 is 14.4 Å². The number of amides is 3. The van der Waals surface area contributed by atoms with Gasteiger partial charge in [0.1, 0.15) is 0 Å². The molecular formula is C30H21ClN2O3. The van der Waals surface area contributed by atoms with Gasteiger partial charge in [0.25, 0.3) is 11.8 Å². The molecule has 0 saturated heterocycles. The van der Waals surface area contributed by atoms with Crippen LogP contribution >= 0.6 is 11.6 Å². The summed E-state index contributed by atoms with van der Waals surface area (Å²) in [5.74, 6) is -1.11. The van der Waals surface area contributed by atoms with E-state index in [1.54, 1.807) is 43.3 Å². The zero-order valence-corrected chi connectivity index (χ0v) is 20.1. The van der Waals surface area contributed by atoms with Gasteiger partial charge in [0.15, 0.2) is 0 Å². The van der Waals surface area contributed by atoms with Crippen LogP contribution in [0.15, 0.2) is 103 Å². The molecule has 0 spiro atoms. The van der Waals surface area contributed by atoms with Gasteiger partial charge in [0.2, 0.25) is 5.91 Å². The van der Waals surface area contributed by atoms with Crippen molar-refractivity contribution in [3.8, 4) is 0 Å². The van der Waals surface area contributed by atoms with Crippen molar-refractivity contribution in [1.82, 2.24) is 0 Å². The average molecular weight is 493 g/mol. The van der Waals surface area contributed by atoms with Crippen molar-refractivity contribution in [3.05, 3.63) is 136 Å². The second-order valence-electron chi connectivity index (χ2n) is 8.42. The highest BCUT2D eigenvalue weighted by atomic mass is 35.5. The van der Waals surface area contributed by atoms with Gasteiger partial charge in [-0.15, -0.1) is 0 Å². The molecule has 4 aromatic rings. The van der Waals surface area contributed by atoms with Crippen LogP contribution < -0.4 is 10.2 Å². The van der Waals surface area contributed by atoms with Crippen molar-refractivity contribution in [2.45, 2.75) is 6.92 Å². The molecule has 176 valence electrons. The van der Waals surface area contributed by atoms with E-state index in [4.69, 9.17) is 11.6 Å². The SMILES string of the molecule is Cc1cc(NC(=O)C=C(c2ccccc2)c2ccccc2)ccc1N1C(=O)c2ccc(Cl)cc2C1=O. The van der Waals surface area contributed by atoms with E-state index in [1.807, 2.05) is 60.7 Å². The summed E-state index contributed by atoms with van der Waals surface area (Å²) in [7, 11) is 0. The fourth-order valence-electron chi connectivity index (χ4n) is 4.29. The van der Waals surface area contributed by atoms with Gasteiger partial charge in [-0.3, -0.25) is 14.4 Å². The van der Waals surface area contributed by atoms with Crippen LogP contribution in [0, 0.1) is 6.92 Å². The first-order chi connectivity index (χ1) is 17.4. The summed E-state index contributed by atoms with van der Waals surface area (Å²) in [4.78, 5) is 40.0. The number of hydrogen-bond donors (Lipinski definition) is 1. The Balaban J connectivity index is 1.41. The molecule has 1 aliphatic heterocycles. The summed E-state index contributed by atoms with van der Waals surface area (Å²) in [6.07, 6.45) is 1.57. The maximum Gasteiger partial charge on any atom is 0.266 e. The Kier molecular flexibility index (Phi) is 6.23. The monoisotopic (exact) mass is 492 g/mol. The number of nitrogens with zero attached hydrogens (tertiary/aromatic N) is 1. The summed E-state index contributed by atoms with van der Waals surface area (Å²) in [6.45, 7) is 1.79. The lowest BCUT2D eigenvalue weighted by atomic mass is 9.97. The topological polar surface area (TPSA) is 66.5 Å². The minimum Gasteiger partial charge on any atom is -0.322 e. The number of benzene rings is 4. The van der Waals surface area contributed by atoms with Gasteiger partial charge in [0.05, 0.1) is 16.8 Å². The zero-order valence-electron chi connectivity index (χ0n) is 19.4. The van der Waals surface area contributed by atoms with E-state index >= 15 is 0 Å². The Hall–Kier alpha value is -4.48. The number of fused-ring (bicyclic) bond motifs is 1. The van der Waals surface area contributed by atoms with Gasteiger partial charge in [-0.1, -0.05) is 72.3 Å². The number of carbonyl (C=O) groups excluding carboxylic acids is 3. The standard InChI is InChI=1S/C30H21ClN2O3/c1-19-16-23(13-15-27(19)33-29(35)24-14-12-22(31)17-26(24)30(33)36)32-28(34)18-25(20-8-4-2-5-9-20)21-10-6-3-7-11-21/h2-18H,1H3,(H,32,34). The van der Waals surface area contributed by atoms with Gasteiger partial charge in [-0.05, 0) is 65.6 Å². The van der Waals surface area contributed by atoms with Crippen molar-refractivity contribution in [2.75, 3.05) is 10.2 Å². The van der Waals surface area contributed by atoms with Crippen LogP contribution in [-0.2, 0) is 4.79 Å². The smallest absolute Gasteiger partial charge is 0.266 e. The average Bonchev–Trinajstić information content (AvgIpc) is 3.13. The van der Waals surface area contributed by atoms with E-state index in [0.29, 0.717) is 27.5 Å². The number of nitrogens with one attached hydrogen (secondary N) is 1. The molecule has 0 saturated carbocycles. The van der Waals surface area contributed by atoms with Crippen LogP contribution in [0.4, 0.5) is 11.4 Å². The molecule has 0 aromatic heterocycles. The summed E-state index contributed by atoms with van der Waals surface area (Å²) in [5, 5.41) is 3.29. The van der Waals surface area contributed by atoms with Gasteiger partial charge >= 0.3 is 0 Å². The van der Waals surface area contributed by atoms with Gasteiger partial charge in [-0.25, -0.2) is 4.90 Å². The summed E-state index contributed by atoms with van der Waals surface area (Å²) < 4.78 is 0.